The topological polar surface area (TPSA) is 70.6 Å². The summed E-state index contributed by atoms with van der Waals surface area (Å²) in [6, 6.07) is 3.66. The number of carbonyl (C=O) groups is 1. The average Bonchev–Trinajstić information content (AvgIpc) is 2.94. The summed E-state index contributed by atoms with van der Waals surface area (Å²) in [5.74, 6) is 1.29. The van der Waals surface area contributed by atoms with Crippen LogP contribution in [0.3, 0.4) is 0 Å². The number of urea groups is 1. The standard InChI is InChI=1S/C14H23N5O2/c1-4-8-15-14(20)19-9-7-11(10-19)21-13-6-5-12(16-17-13)18(2)3/h5-6,11H,4,7-10H2,1-3H3,(H,15,20). The second kappa shape index (κ2) is 7.10. The molecule has 1 atom stereocenters. The van der Waals surface area contributed by atoms with Crippen molar-refractivity contribution in [3.05, 3.63) is 12.1 Å². The molecule has 1 aromatic rings. The van der Waals surface area contributed by atoms with Gasteiger partial charge in [-0.25, -0.2) is 4.79 Å². The van der Waals surface area contributed by atoms with Crippen LogP contribution in [0.2, 0.25) is 0 Å². The summed E-state index contributed by atoms with van der Waals surface area (Å²) in [7, 11) is 3.82. The molecule has 1 saturated heterocycles. The van der Waals surface area contributed by atoms with Crippen LogP contribution in [0.1, 0.15) is 19.8 Å². The molecule has 0 saturated carbocycles. The number of aromatic nitrogens is 2. The second-order valence-electron chi connectivity index (χ2n) is 5.33. The molecule has 7 heteroatoms. The average molecular weight is 293 g/mol. The molecule has 0 aromatic carbocycles. The van der Waals surface area contributed by atoms with Crippen LogP contribution in [0.5, 0.6) is 5.88 Å². The van der Waals surface area contributed by atoms with E-state index in [1.807, 2.05) is 38.1 Å². The summed E-state index contributed by atoms with van der Waals surface area (Å²) < 4.78 is 5.78. The molecule has 0 radical (unpaired) electrons. The van der Waals surface area contributed by atoms with Crippen LogP contribution in [0.15, 0.2) is 12.1 Å². The molecule has 1 aliphatic heterocycles. The first-order chi connectivity index (χ1) is 10.1. The number of amides is 2. The third kappa shape index (κ3) is 4.21. The predicted molar refractivity (Wildman–Crippen MR) is 80.7 cm³/mol. The first kappa shape index (κ1) is 15.3. The number of ether oxygens (including phenoxy) is 1. The van der Waals surface area contributed by atoms with Gasteiger partial charge in [-0.3, -0.25) is 0 Å². The van der Waals surface area contributed by atoms with E-state index in [-0.39, 0.29) is 12.1 Å². The molecule has 21 heavy (non-hydrogen) atoms. The maximum atomic E-state index is 11.8. The number of nitrogens with zero attached hydrogens (tertiary/aromatic N) is 4. The Balaban J connectivity index is 1.83. The molecule has 0 bridgehead atoms. The fraction of sp³-hybridized carbons (Fsp3) is 0.643. The van der Waals surface area contributed by atoms with Gasteiger partial charge in [0.05, 0.1) is 6.54 Å². The quantitative estimate of drug-likeness (QED) is 0.881. The van der Waals surface area contributed by atoms with Gasteiger partial charge in [0.15, 0.2) is 5.82 Å². The molecule has 1 unspecified atom stereocenters. The summed E-state index contributed by atoms with van der Waals surface area (Å²) >= 11 is 0. The normalized spacial score (nSPS) is 17.7. The number of hydrogen-bond donors (Lipinski definition) is 1. The van der Waals surface area contributed by atoms with E-state index in [4.69, 9.17) is 4.74 Å². The highest BCUT2D eigenvalue weighted by Crippen LogP contribution is 2.17. The highest BCUT2D eigenvalue weighted by molar-refractivity contribution is 5.74. The van der Waals surface area contributed by atoms with E-state index < -0.39 is 0 Å². The van der Waals surface area contributed by atoms with Gasteiger partial charge in [-0.05, 0) is 12.5 Å². The minimum atomic E-state index is -0.0168. The summed E-state index contributed by atoms with van der Waals surface area (Å²) in [6.07, 6.45) is 1.74. The van der Waals surface area contributed by atoms with Gasteiger partial charge in [0.2, 0.25) is 5.88 Å². The van der Waals surface area contributed by atoms with Crippen molar-refractivity contribution < 1.29 is 9.53 Å². The smallest absolute Gasteiger partial charge is 0.317 e. The van der Waals surface area contributed by atoms with Gasteiger partial charge in [-0.15, -0.1) is 10.2 Å². The van der Waals surface area contributed by atoms with E-state index in [0.717, 1.165) is 18.7 Å². The van der Waals surface area contributed by atoms with E-state index in [1.165, 1.54) is 0 Å². The SMILES string of the molecule is CCCNC(=O)N1CCC(Oc2ccc(N(C)C)nn2)C1. The number of nitrogens with one attached hydrogen (secondary N) is 1. The lowest BCUT2D eigenvalue weighted by molar-refractivity contribution is 0.182. The molecule has 0 aliphatic carbocycles. The summed E-state index contributed by atoms with van der Waals surface area (Å²) in [6.45, 7) is 4.04. The Hall–Kier alpha value is -2.05. The Kier molecular flexibility index (Phi) is 5.19. The van der Waals surface area contributed by atoms with Crippen LogP contribution < -0.4 is 15.0 Å². The van der Waals surface area contributed by atoms with Gasteiger partial charge in [-0.1, -0.05) is 6.92 Å². The van der Waals surface area contributed by atoms with E-state index in [1.54, 1.807) is 4.90 Å². The lowest BCUT2D eigenvalue weighted by Gasteiger charge is -2.17. The number of carbonyl (C=O) groups excluding carboxylic acids is 1. The largest absolute Gasteiger partial charge is 0.471 e. The van der Waals surface area contributed by atoms with Gasteiger partial charge < -0.3 is 19.9 Å². The van der Waals surface area contributed by atoms with Crippen molar-refractivity contribution in [3.63, 3.8) is 0 Å². The number of rotatable bonds is 5. The van der Waals surface area contributed by atoms with Crippen molar-refractivity contribution in [2.75, 3.05) is 38.6 Å². The molecule has 2 amide bonds. The Morgan fingerprint density at radius 2 is 2.29 bits per heavy atom. The third-order valence-corrected chi connectivity index (χ3v) is 3.33. The van der Waals surface area contributed by atoms with Crippen molar-refractivity contribution in [2.45, 2.75) is 25.9 Å². The summed E-state index contributed by atoms with van der Waals surface area (Å²) in [4.78, 5) is 15.5. The van der Waals surface area contributed by atoms with Gasteiger partial charge >= 0.3 is 6.03 Å². The Labute approximate surface area is 125 Å². The predicted octanol–water partition coefficient (Wildman–Crippen LogP) is 1.12. The van der Waals surface area contributed by atoms with E-state index >= 15 is 0 Å². The van der Waals surface area contributed by atoms with Crippen LogP contribution in [0.4, 0.5) is 10.6 Å². The summed E-state index contributed by atoms with van der Waals surface area (Å²) in [5, 5.41) is 11.0. The van der Waals surface area contributed by atoms with Crippen molar-refractivity contribution in [1.82, 2.24) is 20.4 Å². The number of hydrogen-bond acceptors (Lipinski definition) is 5. The molecular weight excluding hydrogens is 270 g/mol. The van der Waals surface area contributed by atoms with Gasteiger partial charge in [0.1, 0.15) is 6.10 Å². The van der Waals surface area contributed by atoms with Crippen molar-refractivity contribution in [2.24, 2.45) is 0 Å². The first-order valence-corrected chi connectivity index (χ1v) is 7.30. The molecule has 1 aromatic heterocycles. The van der Waals surface area contributed by atoms with Gasteiger partial charge in [0.25, 0.3) is 0 Å². The molecule has 7 nitrogen and oxygen atoms in total. The highest BCUT2D eigenvalue weighted by Gasteiger charge is 2.27. The van der Waals surface area contributed by atoms with Crippen LogP contribution in [0, 0.1) is 0 Å². The van der Waals surface area contributed by atoms with Crippen molar-refractivity contribution >= 4 is 11.8 Å². The van der Waals surface area contributed by atoms with Crippen LogP contribution in [0.25, 0.3) is 0 Å². The van der Waals surface area contributed by atoms with E-state index in [9.17, 15) is 4.79 Å². The molecule has 2 rings (SSSR count). The van der Waals surface area contributed by atoms with E-state index in [0.29, 0.717) is 25.5 Å². The molecular formula is C14H23N5O2. The zero-order valence-corrected chi connectivity index (χ0v) is 12.9. The summed E-state index contributed by atoms with van der Waals surface area (Å²) in [5.41, 5.74) is 0. The Morgan fingerprint density at radius 1 is 1.48 bits per heavy atom. The van der Waals surface area contributed by atoms with Gasteiger partial charge in [0, 0.05) is 39.7 Å². The monoisotopic (exact) mass is 293 g/mol. The minimum Gasteiger partial charge on any atom is -0.471 e. The zero-order valence-electron chi connectivity index (χ0n) is 12.9. The maximum Gasteiger partial charge on any atom is 0.317 e. The van der Waals surface area contributed by atoms with Crippen LogP contribution in [-0.4, -0.2) is 61.0 Å². The lowest BCUT2D eigenvalue weighted by atomic mass is 10.3. The van der Waals surface area contributed by atoms with Crippen molar-refractivity contribution in [3.8, 4) is 5.88 Å². The molecule has 0 spiro atoms. The third-order valence-electron chi connectivity index (χ3n) is 3.33. The Morgan fingerprint density at radius 3 is 2.90 bits per heavy atom. The fourth-order valence-corrected chi connectivity index (χ4v) is 2.14. The minimum absolute atomic E-state index is 0.0167. The molecule has 1 fully saturated rings. The number of likely N-dealkylation sites (tertiary alicyclic amines) is 1. The maximum absolute atomic E-state index is 11.8. The molecule has 1 aliphatic rings. The lowest BCUT2D eigenvalue weighted by Crippen LogP contribution is -2.39. The molecule has 116 valence electrons. The van der Waals surface area contributed by atoms with Crippen molar-refractivity contribution in [1.29, 1.82) is 0 Å². The first-order valence-electron chi connectivity index (χ1n) is 7.30. The molecule has 1 N–H and O–H groups in total. The Bertz CT molecular complexity index is 463. The molecule has 2 heterocycles. The fourth-order valence-electron chi connectivity index (χ4n) is 2.14. The van der Waals surface area contributed by atoms with Crippen LogP contribution in [-0.2, 0) is 0 Å². The van der Waals surface area contributed by atoms with Crippen LogP contribution >= 0.6 is 0 Å². The van der Waals surface area contributed by atoms with E-state index in [2.05, 4.69) is 15.5 Å². The second-order valence-corrected chi connectivity index (χ2v) is 5.33. The van der Waals surface area contributed by atoms with Gasteiger partial charge in [-0.2, -0.15) is 0 Å². The number of anilines is 1. The highest BCUT2D eigenvalue weighted by atomic mass is 16.5. The zero-order chi connectivity index (χ0) is 15.2.